The SMILES string of the molecule is COc1ccc(-n2nnnc2SC[C@@H]2CC2(Cl)Cl)cc1. The lowest BCUT2D eigenvalue weighted by Gasteiger charge is -2.05. The minimum atomic E-state index is -0.564. The van der Waals surface area contributed by atoms with E-state index in [1.165, 1.54) is 0 Å². The van der Waals surface area contributed by atoms with E-state index >= 15 is 0 Å². The van der Waals surface area contributed by atoms with Crippen LogP contribution in [0.1, 0.15) is 6.42 Å². The van der Waals surface area contributed by atoms with E-state index in [9.17, 15) is 0 Å². The van der Waals surface area contributed by atoms with Crippen molar-refractivity contribution >= 4 is 35.0 Å². The highest BCUT2D eigenvalue weighted by atomic mass is 35.5. The Morgan fingerprint density at radius 3 is 2.70 bits per heavy atom. The Kier molecular flexibility index (Phi) is 3.79. The molecule has 5 nitrogen and oxygen atoms in total. The van der Waals surface area contributed by atoms with Gasteiger partial charge in [0.25, 0.3) is 0 Å². The molecule has 1 atom stereocenters. The number of ether oxygens (including phenoxy) is 1. The summed E-state index contributed by atoms with van der Waals surface area (Å²) in [6, 6.07) is 7.55. The smallest absolute Gasteiger partial charge is 0.214 e. The van der Waals surface area contributed by atoms with Crippen molar-refractivity contribution in [1.29, 1.82) is 0 Å². The Bertz CT molecular complexity index is 602. The van der Waals surface area contributed by atoms with Crippen LogP contribution < -0.4 is 4.74 Å². The summed E-state index contributed by atoms with van der Waals surface area (Å²) >= 11 is 13.6. The van der Waals surface area contributed by atoms with Crippen LogP contribution in [0.25, 0.3) is 5.69 Å². The maximum absolute atomic E-state index is 6.02. The Morgan fingerprint density at radius 2 is 2.10 bits per heavy atom. The number of hydrogen-bond donors (Lipinski definition) is 0. The summed E-state index contributed by atoms with van der Waals surface area (Å²) in [4.78, 5) is 0. The molecule has 1 aliphatic rings. The number of thioether (sulfide) groups is 1. The van der Waals surface area contributed by atoms with Gasteiger partial charge < -0.3 is 4.74 Å². The summed E-state index contributed by atoms with van der Waals surface area (Å²) in [7, 11) is 1.63. The fourth-order valence-electron chi connectivity index (χ4n) is 1.78. The predicted octanol–water partition coefficient (Wildman–Crippen LogP) is 2.96. The van der Waals surface area contributed by atoms with E-state index in [-0.39, 0.29) is 0 Å². The third-order valence-corrected chi connectivity index (χ3v) is 5.13. The number of aromatic nitrogens is 4. The van der Waals surface area contributed by atoms with E-state index in [0.717, 1.165) is 28.8 Å². The van der Waals surface area contributed by atoms with Gasteiger partial charge in [-0.3, -0.25) is 0 Å². The highest BCUT2D eigenvalue weighted by Gasteiger charge is 2.51. The second-order valence-electron chi connectivity index (χ2n) is 4.54. The fourth-order valence-corrected chi connectivity index (χ4v) is 3.60. The number of tetrazole rings is 1. The van der Waals surface area contributed by atoms with Gasteiger partial charge in [0.15, 0.2) is 0 Å². The molecule has 1 saturated carbocycles. The highest BCUT2D eigenvalue weighted by Crippen LogP contribution is 2.54. The number of hydrogen-bond acceptors (Lipinski definition) is 5. The molecular weight excluding hydrogens is 319 g/mol. The maximum atomic E-state index is 6.02. The number of alkyl halides is 2. The third kappa shape index (κ3) is 2.87. The Morgan fingerprint density at radius 1 is 1.40 bits per heavy atom. The maximum Gasteiger partial charge on any atom is 0.214 e. The van der Waals surface area contributed by atoms with Crippen LogP contribution in [0.4, 0.5) is 0 Å². The lowest BCUT2D eigenvalue weighted by Crippen LogP contribution is -2.00. The summed E-state index contributed by atoms with van der Waals surface area (Å²) < 4.78 is 6.26. The van der Waals surface area contributed by atoms with Gasteiger partial charge in [0.05, 0.1) is 12.8 Å². The molecule has 0 N–H and O–H groups in total. The molecule has 0 saturated heterocycles. The second kappa shape index (κ2) is 5.42. The van der Waals surface area contributed by atoms with Crippen LogP contribution in [-0.2, 0) is 0 Å². The molecule has 8 heteroatoms. The van der Waals surface area contributed by atoms with E-state index in [1.807, 2.05) is 24.3 Å². The first kappa shape index (κ1) is 14.0. The average Bonchev–Trinajstić information content (AvgIpc) is 2.87. The van der Waals surface area contributed by atoms with Crippen molar-refractivity contribution in [1.82, 2.24) is 20.2 Å². The molecule has 0 spiro atoms. The zero-order chi connectivity index (χ0) is 14.2. The molecule has 0 unspecified atom stereocenters. The number of benzene rings is 1. The van der Waals surface area contributed by atoms with E-state index in [2.05, 4.69) is 15.5 Å². The first-order valence-electron chi connectivity index (χ1n) is 6.03. The van der Waals surface area contributed by atoms with Gasteiger partial charge in [0, 0.05) is 11.7 Å². The summed E-state index contributed by atoms with van der Waals surface area (Å²) in [5, 5.41) is 12.5. The molecule has 0 amide bonds. The number of halogens is 2. The van der Waals surface area contributed by atoms with Crippen LogP contribution in [0, 0.1) is 5.92 Å². The van der Waals surface area contributed by atoms with Crippen molar-refractivity contribution in [3.63, 3.8) is 0 Å². The van der Waals surface area contributed by atoms with E-state index in [4.69, 9.17) is 27.9 Å². The first-order valence-corrected chi connectivity index (χ1v) is 7.78. The molecule has 1 fully saturated rings. The molecule has 106 valence electrons. The summed E-state index contributed by atoms with van der Waals surface area (Å²) in [6.45, 7) is 0. The van der Waals surface area contributed by atoms with Gasteiger partial charge >= 0.3 is 0 Å². The Hall–Kier alpha value is -0.980. The van der Waals surface area contributed by atoms with E-state index in [0.29, 0.717) is 5.92 Å². The molecule has 3 rings (SSSR count). The number of rotatable bonds is 5. The number of methoxy groups -OCH3 is 1. The molecule has 0 aliphatic heterocycles. The Labute approximate surface area is 130 Å². The Balaban J connectivity index is 1.72. The number of nitrogens with zero attached hydrogens (tertiary/aromatic N) is 4. The molecule has 20 heavy (non-hydrogen) atoms. The highest BCUT2D eigenvalue weighted by molar-refractivity contribution is 7.99. The van der Waals surface area contributed by atoms with E-state index < -0.39 is 4.33 Å². The van der Waals surface area contributed by atoms with Gasteiger partial charge in [-0.05, 0) is 41.1 Å². The largest absolute Gasteiger partial charge is 0.497 e. The van der Waals surface area contributed by atoms with Gasteiger partial charge in [-0.25, -0.2) is 0 Å². The van der Waals surface area contributed by atoms with Gasteiger partial charge in [-0.2, -0.15) is 4.68 Å². The van der Waals surface area contributed by atoms with Crippen LogP contribution in [0.15, 0.2) is 29.4 Å². The van der Waals surface area contributed by atoms with Crippen LogP contribution in [0.5, 0.6) is 5.75 Å². The molecule has 1 heterocycles. The van der Waals surface area contributed by atoms with Gasteiger partial charge in [0.1, 0.15) is 10.1 Å². The van der Waals surface area contributed by atoms with Gasteiger partial charge in [0.2, 0.25) is 5.16 Å². The fraction of sp³-hybridized carbons (Fsp3) is 0.417. The molecule has 1 aromatic carbocycles. The van der Waals surface area contributed by atoms with E-state index in [1.54, 1.807) is 23.6 Å². The van der Waals surface area contributed by atoms with Crippen molar-refractivity contribution in [3.05, 3.63) is 24.3 Å². The van der Waals surface area contributed by atoms with Crippen molar-refractivity contribution < 1.29 is 4.74 Å². The van der Waals surface area contributed by atoms with Gasteiger partial charge in [-0.1, -0.05) is 11.8 Å². The van der Waals surface area contributed by atoms with Crippen LogP contribution in [0.2, 0.25) is 0 Å². The minimum absolute atomic E-state index is 0.303. The van der Waals surface area contributed by atoms with Crippen LogP contribution in [-0.4, -0.2) is 37.4 Å². The van der Waals surface area contributed by atoms with Gasteiger partial charge in [-0.15, -0.1) is 28.3 Å². The quantitative estimate of drug-likeness (QED) is 0.623. The topological polar surface area (TPSA) is 52.8 Å². The van der Waals surface area contributed by atoms with Crippen molar-refractivity contribution in [2.75, 3.05) is 12.9 Å². The molecule has 2 aromatic rings. The predicted molar refractivity (Wildman–Crippen MR) is 79.0 cm³/mol. The first-order chi connectivity index (χ1) is 9.60. The summed E-state index contributed by atoms with van der Waals surface area (Å²) in [6.07, 6.45) is 0.827. The standard InChI is InChI=1S/C12H12Cl2N4OS/c1-19-10-4-2-9(3-5-10)18-11(15-16-17-18)20-7-8-6-12(8,13)14/h2-5,8H,6-7H2,1H3/t8-/m0/s1. The molecule has 0 bridgehead atoms. The second-order valence-corrected chi connectivity index (χ2v) is 7.07. The molecular formula is C12H12Cl2N4OS. The molecule has 1 aromatic heterocycles. The lowest BCUT2D eigenvalue weighted by atomic mass is 10.3. The monoisotopic (exact) mass is 330 g/mol. The third-order valence-electron chi connectivity index (χ3n) is 3.13. The summed E-state index contributed by atoms with van der Waals surface area (Å²) in [5.74, 6) is 1.91. The summed E-state index contributed by atoms with van der Waals surface area (Å²) in [5.41, 5.74) is 0.886. The zero-order valence-electron chi connectivity index (χ0n) is 10.7. The average molecular weight is 331 g/mol. The molecule has 1 aliphatic carbocycles. The zero-order valence-corrected chi connectivity index (χ0v) is 13.0. The van der Waals surface area contributed by atoms with Crippen molar-refractivity contribution in [2.24, 2.45) is 5.92 Å². The van der Waals surface area contributed by atoms with Crippen molar-refractivity contribution in [2.45, 2.75) is 15.9 Å². The molecule has 0 radical (unpaired) electrons. The minimum Gasteiger partial charge on any atom is -0.497 e. The van der Waals surface area contributed by atoms with Crippen molar-refractivity contribution in [3.8, 4) is 11.4 Å². The van der Waals surface area contributed by atoms with Crippen LogP contribution >= 0.6 is 35.0 Å². The lowest BCUT2D eigenvalue weighted by molar-refractivity contribution is 0.414. The normalized spacial score (nSPS) is 19.9. The van der Waals surface area contributed by atoms with Crippen LogP contribution in [0.3, 0.4) is 0 Å².